The number of amides is 3. The van der Waals surface area contributed by atoms with Crippen LogP contribution in [0, 0.1) is 0 Å². The van der Waals surface area contributed by atoms with Gasteiger partial charge in [-0.05, 0) is 12.8 Å². The van der Waals surface area contributed by atoms with E-state index in [1.54, 1.807) is 5.51 Å². The lowest BCUT2D eigenvalue weighted by atomic mass is 9.96. The van der Waals surface area contributed by atoms with Crippen LogP contribution in [-0.2, 0) is 4.79 Å². The summed E-state index contributed by atoms with van der Waals surface area (Å²) >= 11 is 1.26. The van der Waals surface area contributed by atoms with E-state index in [1.165, 1.54) is 30.6 Å². The number of anilines is 1. The van der Waals surface area contributed by atoms with Gasteiger partial charge in [-0.15, -0.1) is 10.2 Å². The monoisotopic (exact) mass is 297 g/mol. The van der Waals surface area contributed by atoms with Crippen molar-refractivity contribution in [3.8, 4) is 0 Å². The number of urea groups is 1. The average Bonchev–Trinajstić information content (AvgIpc) is 2.92. The van der Waals surface area contributed by atoms with Gasteiger partial charge in [0.05, 0.1) is 0 Å². The lowest BCUT2D eigenvalue weighted by Gasteiger charge is -2.22. The normalized spacial score (nSPS) is 15.6. The van der Waals surface area contributed by atoms with E-state index in [0.29, 0.717) is 11.7 Å². The van der Waals surface area contributed by atoms with Crippen LogP contribution in [0.5, 0.6) is 0 Å². The van der Waals surface area contributed by atoms with Gasteiger partial charge in [0.1, 0.15) is 5.51 Å². The van der Waals surface area contributed by atoms with E-state index in [2.05, 4.69) is 26.1 Å². The second-order valence-corrected chi connectivity index (χ2v) is 5.61. The third-order valence-corrected chi connectivity index (χ3v) is 3.79. The summed E-state index contributed by atoms with van der Waals surface area (Å²) in [5.74, 6) is -0.181. The summed E-state index contributed by atoms with van der Waals surface area (Å²) in [5, 5.41) is 16.1. The van der Waals surface area contributed by atoms with E-state index < -0.39 is 0 Å². The van der Waals surface area contributed by atoms with Gasteiger partial charge < -0.3 is 16.0 Å². The Hall–Kier alpha value is -1.70. The topological polar surface area (TPSA) is 96.0 Å². The number of aromatic nitrogens is 2. The van der Waals surface area contributed by atoms with Gasteiger partial charge in [0.15, 0.2) is 0 Å². The van der Waals surface area contributed by atoms with Gasteiger partial charge in [0.25, 0.3) is 0 Å². The van der Waals surface area contributed by atoms with Crippen molar-refractivity contribution in [2.75, 3.05) is 11.9 Å². The van der Waals surface area contributed by atoms with Gasteiger partial charge in [-0.3, -0.25) is 4.79 Å². The average molecular weight is 297 g/mol. The molecule has 1 aromatic rings. The van der Waals surface area contributed by atoms with Crippen molar-refractivity contribution in [3.63, 3.8) is 0 Å². The first-order chi connectivity index (χ1) is 9.74. The molecule has 0 bridgehead atoms. The molecule has 0 spiro atoms. The van der Waals surface area contributed by atoms with Crippen LogP contribution in [0.4, 0.5) is 9.93 Å². The van der Waals surface area contributed by atoms with Crippen LogP contribution in [0.15, 0.2) is 5.51 Å². The smallest absolute Gasteiger partial charge is 0.315 e. The minimum Gasteiger partial charge on any atom is -0.338 e. The lowest BCUT2D eigenvalue weighted by Crippen LogP contribution is -2.43. The van der Waals surface area contributed by atoms with Crippen molar-refractivity contribution in [2.24, 2.45) is 0 Å². The highest BCUT2D eigenvalue weighted by molar-refractivity contribution is 7.13. The molecule has 0 unspecified atom stereocenters. The fourth-order valence-electron chi connectivity index (χ4n) is 2.18. The fourth-order valence-corrected chi connectivity index (χ4v) is 2.64. The fraction of sp³-hybridized carbons (Fsp3) is 0.667. The molecule has 2 rings (SSSR count). The first kappa shape index (κ1) is 14.7. The first-order valence-electron chi connectivity index (χ1n) is 6.84. The van der Waals surface area contributed by atoms with Crippen LogP contribution in [0.25, 0.3) is 0 Å². The van der Waals surface area contributed by atoms with Crippen molar-refractivity contribution < 1.29 is 9.59 Å². The number of carbonyl (C=O) groups is 2. The molecule has 8 heteroatoms. The zero-order valence-corrected chi connectivity index (χ0v) is 12.0. The van der Waals surface area contributed by atoms with Crippen LogP contribution < -0.4 is 16.0 Å². The summed E-state index contributed by atoms with van der Waals surface area (Å²) < 4.78 is 0. The van der Waals surface area contributed by atoms with Crippen LogP contribution in [0.2, 0.25) is 0 Å². The highest BCUT2D eigenvalue weighted by atomic mass is 32.1. The molecule has 1 fully saturated rings. The zero-order valence-electron chi connectivity index (χ0n) is 11.2. The highest BCUT2D eigenvalue weighted by Gasteiger charge is 2.15. The van der Waals surface area contributed by atoms with Crippen molar-refractivity contribution in [1.29, 1.82) is 0 Å². The van der Waals surface area contributed by atoms with Crippen LogP contribution in [0.1, 0.15) is 38.5 Å². The van der Waals surface area contributed by atoms with Crippen LogP contribution in [-0.4, -0.2) is 34.7 Å². The Balaban J connectivity index is 1.57. The molecule has 0 saturated heterocycles. The minimum absolute atomic E-state index is 0.181. The van der Waals surface area contributed by atoms with Crippen LogP contribution in [0.3, 0.4) is 0 Å². The van der Waals surface area contributed by atoms with E-state index in [1.807, 2.05) is 0 Å². The SMILES string of the molecule is O=C(CCNC(=O)NC1CCCCC1)Nc1nncs1. The Kier molecular flexibility index (Phi) is 5.72. The predicted molar refractivity (Wildman–Crippen MR) is 76.6 cm³/mol. The first-order valence-corrected chi connectivity index (χ1v) is 7.72. The Morgan fingerprint density at radius 1 is 1.30 bits per heavy atom. The number of hydrogen-bond donors (Lipinski definition) is 3. The molecule has 3 amide bonds. The summed E-state index contributed by atoms with van der Waals surface area (Å²) in [5.41, 5.74) is 1.55. The van der Waals surface area contributed by atoms with Gasteiger partial charge in [0, 0.05) is 19.0 Å². The summed E-state index contributed by atoms with van der Waals surface area (Å²) in [6.07, 6.45) is 5.92. The van der Waals surface area contributed by atoms with Gasteiger partial charge in [0.2, 0.25) is 11.0 Å². The number of rotatable bonds is 5. The molecular formula is C12H19N5O2S. The molecule has 3 N–H and O–H groups in total. The quantitative estimate of drug-likeness (QED) is 0.767. The number of nitrogens with zero attached hydrogens (tertiary/aromatic N) is 2. The Bertz CT molecular complexity index is 431. The summed E-state index contributed by atoms with van der Waals surface area (Å²) in [4.78, 5) is 23.2. The molecule has 1 saturated carbocycles. The third-order valence-electron chi connectivity index (χ3n) is 3.18. The Morgan fingerprint density at radius 2 is 2.10 bits per heavy atom. The molecule has 110 valence electrons. The van der Waals surface area contributed by atoms with Crippen molar-refractivity contribution in [3.05, 3.63) is 5.51 Å². The van der Waals surface area contributed by atoms with Gasteiger partial charge in [-0.1, -0.05) is 30.6 Å². The van der Waals surface area contributed by atoms with E-state index in [4.69, 9.17) is 0 Å². The maximum atomic E-state index is 11.6. The molecular weight excluding hydrogens is 278 g/mol. The molecule has 7 nitrogen and oxygen atoms in total. The number of nitrogens with one attached hydrogen (secondary N) is 3. The highest BCUT2D eigenvalue weighted by Crippen LogP contribution is 2.17. The Morgan fingerprint density at radius 3 is 2.80 bits per heavy atom. The van der Waals surface area contributed by atoms with E-state index in [0.717, 1.165) is 12.8 Å². The third kappa shape index (κ3) is 5.12. The summed E-state index contributed by atoms with van der Waals surface area (Å²) in [6, 6.07) is 0.0829. The maximum Gasteiger partial charge on any atom is 0.315 e. The predicted octanol–water partition coefficient (Wildman–Crippen LogP) is 1.50. The largest absolute Gasteiger partial charge is 0.338 e. The molecule has 1 heterocycles. The number of carbonyl (C=O) groups excluding carboxylic acids is 2. The summed E-state index contributed by atoms with van der Waals surface area (Å²) in [7, 11) is 0. The summed E-state index contributed by atoms with van der Waals surface area (Å²) in [6.45, 7) is 0.309. The minimum atomic E-state index is -0.194. The van der Waals surface area contributed by atoms with Gasteiger partial charge >= 0.3 is 6.03 Å². The van der Waals surface area contributed by atoms with E-state index in [9.17, 15) is 9.59 Å². The van der Waals surface area contributed by atoms with Crippen molar-refractivity contribution >= 4 is 28.4 Å². The van der Waals surface area contributed by atoms with E-state index >= 15 is 0 Å². The molecule has 0 atom stereocenters. The molecule has 0 aromatic carbocycles. The molecule has 0 radical (unpaired) electrons. The Labute approximate surface area is 121 Å². The maximum absolute atomic E-state index is 11.6. The van der Waals surface area contributed by atoms with Gasteiger partial charge in [-0.25, -0.2) is 4.79 Å². The molecule has 1 aliphatic rings. The molecule has 1 aliphatic carbocycles. The standard InChI is InChI=1S/C12H19N5O2S/c18-10(16-12-17-14-8-20-12)6-7-13-11(19)15-9-4-2-1-3-5-9/h8-9H,1-7H2,(H2,13,15,19)(H,16,17,18). The second-order valence-electron chi connectivity index (χ2n) is 4.78. The number of hydrogen-bond acceptors (Lipinski definition) is 5. The van der Waals surface area contributed by atoms with Crippen LogP contribution >= 0.6 is 11.3 Å². The molecule has 20 heavy (non-hydrogen) atoms. The van der Waals surface area contributed by atoms with Crippen molar-refractivity contribution in [1.82, 2.24) is 20.8 Å². The molecule has 0 aliphatic heterocycles. The lowest BCUT2D eigenvalue weighted by molar-refractivity contribution is -0.116. The van der Waals surface area contributed by atoms with E-state index in [-0.39, 0.29) is 24.4 Å². The zero-order chi connectivity index (χ0) is 14.2. The van der Waals surface area contributed by atoms with Gasteiger partial charge in [-0.2, -0.15) is 0 Å². The van der Waals surface area contributed by atoms with Crippen molar-refractivity contribution in [2.45, 2.75) is 44.6 Å². The molecule has 1 aromatic heterocycles. The second kappa shape index (κ2) is 7.78.